The molecule has 25 heavy (non-hydrogen) atoms. The summed E-state index contributed by atoms with van der Waals surface area (Å²) >= 11 is 6.12. The number of rotatable bonds is 2. The van der Waals surface area contributed by atoms with Crippen LogP contribution in [0.15, 0.2) is 27.4 Å². The van der Waals surface area contributed by atoms with Crippen molar-refractivity contribution in [3.63, 3.8) is 0 Å². The molecular weight excluding hydrogens is 346 g/mol. The molecule has 0 N–H and O–H groups in total. The average molecular weight is 364 g/mol. The van der Waals surface area contributed by atoms with E-state index in [1.54, 1.807) is 12.1 Å². The molecule has 1 aromatic heterocycles. The fraction of sp³-hybridized carbons (Fsp3) is 0.389. The van der Waals surface area contributed by atoms with E-state index < -0.39 is 11.6 Å². The minimum Gasteiger partial charge on any atom is -0.425 e. The highest BCUT2D eigenvalue weighted by Gasteiger charge is 2.24. The smallest absolute Gasteiger partial charge is 0.360 e. The van der Waals surface area contributed by atoms with Gasteiger partial charge in [0, 0.05) is 31.3 Å². The molecule has 1 saturated heterocycles. The minimum absolute atomic E-state index is 0.0846. The van der Waals surface area contributed by atoms with E-state index in [1.165, 1.54) is 17.9 Å². The number of anilines is 1. The molecule has 2 aromatic rings. The van der Waals surface area contributed by atoms with Crippen molar-refractivity contribution >= 4 is 40.1 Å². The fourth-order valence-corrected chi connectivity index (χ4v) is 3.12. The number of carbonyl (C=O) groups excluding carboxylic acids is 2. The van der Waals surface area contributed by atoms with Crippen LogP contribution in [0.2, 0.25) is 5.02 Å². The van der Waals surface area contributed by atoms with Crippen molar-refractivity contribution in [1.29, 1.82) is 0 Å². The van der Waals surface area contributed by atoms with Crippen molar-refractivity contribution in [2.24, 2.45) is 5.92 Å². The molecule has 1 aliphatic heterocycles. The standard InChI is InChI=1S/C18H18ClNO5/c1-10-3-4-17(22)20(6-5-10)14-8-12-7-13(19)16(24-11(2)21)9-15(12)25-18(14)23/h7-10H,3-6H2,1-2H3. The van der Waals surface area contributed by atoms with E-state index in [4.69, 9.17) is 20.8 Å². The molecule has 2 heterocycles. The summed E-state index contributed by atoms with van der Waals surface area (Å²) in [5.41, 5.74) is -0.153. The van der Waals surface area contributed by atoms with Crippen molar-refractivity contribution in [2.75, 3.05) is 11.4 Å². The normalized spacial score (nSPS) is 18.3. The molecule has 0 radical (unpaired) electrons. The third kappa shape index (κ3) is 3.69. The van der Waals surface area contributed by atoms with Crippen LogP contribution in [0.3, 0.4) is 0 Å². The Bertz CT molecular complexity index is 904. The predicted octanol–water partition coefficient (Wildman–Crippen LogP) is 3.52. The molecule has 3 rings (SSSR count). The number of hydrogen-bond acceptors (Lipinski definition) is 5. The van der Waals surface area contributed by atoms with E-state index in [9.17, 15) is 14.4 Å². The maximum Gasteiger partial charge on any atom is 0.360 e. The van der Waals surface area contributed by atoms with Crippen molar-refractivity contribution in [3.05, 3.63) is 33.6 Å². The Morgan fingerprint density at radius 3 is 2.76 bits per heavy atom. The van der Waals surface area contributed by atoms with Gasteiger partial charge in [-0.2, -0.15) is 0 Å². The fourth-order valence-electron chi connectivity index (χ4n) is 2.91. The van der Waals surface area contributed by atoms with Gasteiger partial charge < -0.3 is 14.1 Å². The van der Waals surface area contributed by atoms with Crippen LogP contribution >= 0.6 is 11.6 Å². The van der Waals surface area contributed by atoms with Gasteiger partial charge in [-0.25, -0.2) is 4.79 Å². The van der Waals surface area contributed by atoms with Crippen LogP contribution in [0, 0.1) is 5.92 Å². The van der Waals surface area contributed by atoms with Gasteiger partial charge in [-0.05, 0) is 30.9 Å². The van der Waals surface area contributed by atoms with Gasteiger partial charge in [0.1, 0.15) is 11.3 Å². The van der Waals surface area contributed by atoms with E-state index in [-0.39, 0.29) is 27.9 Å². The molecule has 0 spiro atoms. The first-order valence-electron chi connectivity index (χ1n) is 8.11. The molecule has 7 heteroatoms. The van der Waals surface area contributed by atoms with Crippen molar-refractivity contribution in [1.82, 2.24) is 0 Å². The van der Waals surface area contributed by atoms with Crippen molar-refractivity contribution in [3.8, 4) is 5.75 Å². The van der Waals surface area contributed by atoms with Crippen LogP contribution in [0.1, 0.15) is 33.1 Å². The Labute approximate surface area is 149 Å². The summed E-state index contributed by atoms with van der Waals surface area (Å²) < 4.78 is 10.3. The molecule has 6 nitrogen and oxygen atoms in total. The number of benzene rings is 1. The van der Waals surface area contributed by atoms with Crippen LogP contribution in [0.5, 0.6) is 5.75 Å². The van der Waals surface area contributed by atoms with Gasteiger partial charge in [0.15, 0.2) is 5.75 Å². The van der Waals surface area contributed by atoms with Gasteiger partial charge in [0.25, 0.3) is 0 Å². The zero-order valence-corrected chi connectivity index (χ0v) is 14.8. The Morgan fingerprint density at radius 2 is 2.04 bits per heavy atom. The SMILES string of the molecule is CC(=O)Oc1cc2oc(=O)c(N3CCC(C)CCC3=O)cc2cc1Cl. The average Bonchev–Trinajstić information content (AvgIpc) is 2.70. The second kappa shape index (κ2) is 6.88. The number of carbonyl (C=O) groups is 2. The lowest BCUT2D eigenvalue weighted by Crippen LogP contribution is -2.33. The summed E-state index contributed by atoms with van der Waals surface area (Å²) in [5, 5.41) is 0.777. The Hall–Kier alpha value is -2.34. The highest BCUT2D eigenvalue weighted by molar-refractivity contribution is 6.33. The van der Waals surface area contributed by atoms with Gasteiger partial charge in [-0.1, -0.05) is 18.5 Å². The molecule has 1 unspecified atom stereocenters. The third-order valence-electron chi connectivity index (χ3n) is 4.31. The molecule has 1 amide bonds. The maximum absolute atomic E-state index is 12.4. The Morgan fingerprint density at radius 1 is 1.28 bits per heavy atom. The highest BCUT2D eigenvalue weighted by Crippen LogP contribution is 2.32. The Balaban J connectivity index is 2.05. The molecule has 0 aliphatic carbocycles. The monoisotopic (exact) mass is 363 g/mol. The molecular formula is C18H18ClNO5. The third-order valence-corrected chi connectivity index (χ3v) is 4.61. The van der Waals surface area contributed by atoms with Crippen LogP contribution in [0.25, 0.3) is 11.0 Å². The molecule has 1 atom stereocenters. The number of nitrogens with zero attached hydrogens (tertiary/aromatic N) is 1. The molecule has 132 valence electrons. The number of esters is 1. The van der Waals surface area contributed by atoms with E-state index in [0.29, 0.717) is 24.3 Å². The topological polar surface area (TPSA) is 76.8 Å². The summed E-state index contributed by atoms with van der Waals surface area (Å²) in [5.74, 6) is -0.0532. The van der Waals surface area contributed by atoms with Gasteiger partial charge in [-0.15, -0.1) is 0 Å². The molecule has 0 saturated carbocycles. The number of fused-ring (bicyclic) bond motifs is 1. The lowest BCUT2D eigenvalue weighted by atomic mass is 10.0. The zero-order valence-electron chi connectivity index (χ0n) is 14.0. The largest absolute Gasteiger partial charge is 0.425 e. The maximum atomic E-state index is 12.4. The molecule has 0 bridgehead atoms. The van der Waals surface area contributed by atoms with Crippen LogP contribution in [-0.2, 0) is 9.59 Å². The van der Waals surface area contributed by atoms with Crippen LogP contribution in [0.4, 0.5) is 5.69 Å². The van der Waals surface area contributed by atoms with Gasteiger partial charge in [0.2, 0.25) is 5.91 Å². The lowest BCUT2D eigenvalue weighted by molar-refractivity contribution is -0.131. The second-order valence-electron chi connectivity index (χ2n) is 6.31. The predicted molar refractivity (Wildman–Crippen MR) is 94.2 cm³/mol. The lowest BCUT2D eigenvalue weighted by Gasteiger charge is -2.19. The zero-order chi connectivity index (χ0) is 18.1. The summed E-state index contributed by atoms with van der Waals surface area (Å²) in [6.07, 6.45) is 2.05. The number of hydrogen-bond donors (Lipinski definition) is 0. The van der Waals surface area contributed by atoms with Crippen LogP contribution in [-0.4, -0.2) is 18.4 Å². The number of amides is 1. The summed E-state index contributed by atoms with van der Waals surface area (Å²) in [7, 11) is 0. The second-order valence-corrected chi connectivity index (χ2v) is 6.72. The van der Waals surface area contributed by atoms with E-state index in [2.05, 4.69) is 6.92 Å². The highest BCUT2D eigenvalue weighted by atomic mass is 35.5. The van der Waals surface area contributed by atoms with E-state index >= 15 is 0 Å². The molecule has 1 aliphatic rings. The Kier molecular flexibility index (Phi) is 4.81. The summed E-state index contributed by atoms with van der Waals surface area (Å²) in [6.45, 7) is 3.83. The quantitative estimate of drug-likeness (QED) is 0.463. The molecule has 1 aromatic carbocycles. The van der Waals surface area contributed by atoms with Gasteiger partial charge in [-0.3, -0.25) is 9.59 Å². The number of halogens is 1. The number of ether oxygens (including phenoxy) is 1. The first-order chi connectivity index (χ1) is 11.8. The summed E-state index contributed by atoms with van der Waals surface area (Å²) in [4.78, 5) is 37.3. The van der Waals surface area contributed by atoms with E-state index in [0.717, 1.165) is 12.8 Å². The first kappa shape index (κ1) is 17.5. The van der Waals surface area contributed by atoms with Crippen LogP contribution < -0.4 is 15.3 Å². The van der Waals surface area contributed by atoms with Crippen molar-refractivity contribution in [2.45, 2.75) is 33.1 Å². The molecule has 1 fully saturated rings. The van der Waals surface area contributed by atoms with Gasteiger partial charge in [0.05, 0.1) is 5.02 Å². The summed E-state index contributed by atoms with van der Waals surface area (Å²) in [6, 6.07) is 4.54. The van der Waals surface area contributed by atoms with E-state index in [1.807, 2.05) is 0 Å². The first-order valence-corrected chi connectivity index (χ1v) is 8.49. The minimum atomic E-state index is -0.605. The van der Waals surface area contributed by atoms with Crippen molar-refractivity contribution < 1.29 is 18.7 Å². The van der Waals surface area contributed by atoms with Gasteiger partial charge >= 0.3 is 11.6 Å².